The molecule has 4 nitrogen and oxygen atoms in total. The van der Waals surface area contributed by atoms with Crippen LogP contribution in [0.2, 0.25) is 0 Å². The van der Waals surface area contributed by atoms with Crippen molar-refractivity contribution in [2.75, 3.05) is 0 Å². The van der Waals surface area contributed by atoms with Gasteiger partial charge < -0.3 is 5.32 Å². The molecule has 0 fully saturated rings. The molecule has 0 amide bonds. The molecule has 0 spiro atoms. The van der Waals surface area contributed by atoms with Crippen LogP contribution in [0.4, 0.5) is 0 Å². The lowest BCUT2D eigenvalue weighted by Crippen LogP contribution is -2.26. The van der Waals surface area contributed by atoms with E-state index in [4.69, 9.17) is 0 Å². The van der Waals surface area contributed by atoms with E-state index >= 15 is 0 Å². The fourth-order valence-electron chi connectivity index (χ4n) is 2.27. The highest BCUT2D eigenvalue weighted by molar-refractivity contribution is 7.84. The van der Waals surface area contributed by atoms with Crippen LogP contribution in [0, 0.1) is 11.3 Å². The first-order chi connectivity index (χ1) is 9.06. The van der Waals surface area contributed by atoms with Gasteiger partial charge in [0.1, 0.15) is 0 Å². The van der Waals surface area contributed by atoms with E-state index in [-0.39, 0.29) is 5.78 Å². The maximum absolute atomic E-state index is 11.9. The van der Waals surface area contributed by atoms with E-state index in [0.717, 1.165) is 11.3 Å². The molecular formula is C14H13N3OS. The average molecular weight is 271 g/mol. The summed E-state index contributed by atoms with van der Waals surface area (Å²) < 4.78 is 0. The summed E-state index contributed by atoms with van der Waals surface area (Å²) in [6.07, 6.45) is 3.33. The average Bonchev–Trinajstić information content (AvgIpc) is 2.38. The minimum absolute atomic E-state index is 0.0626. The van der Waals surface area contributed by atoms with Gasteiger partial charge in [-0.05, 0) is 25.5 Å². The second-order valence-corrected chi connectivity index (χ2v) is 4.76. The number of carbonyl (C=O) groups excluding carboxylic acids is 1. The Morgan fingerprint density at radius 2 is 2.32 bits per heavy atom. The van der Waals surface area contributed by atoms with E-state index in [9.17, 15) is 10.1 Å². The molecule has 5 heteroatoms. The summed E-state index contributed by atoms with van der Waals surface area (Å²) in [5, 5.41) is 12.8. The highest BCUT2D eigenvalue weighted by Crippen LogP contribution is 2.38. The number of pyridine rings is 1. The van der Waals surface area contributed by atoms with Crippen LogP contribution < -0.4 is 5.32 Å². The van der Waals surface area contributed by atoms with E-state index in [2.05, 4.69) is 29.0 Å². The molecule has 1 aromatic rings. The van der Waals surface area contributed by atoms with Crippen molar-refractivity contribution in [3.8, 4) is 6.07 Å². The quantitative estimate of drug-likeness (QED) is 0.810. The molecule has 1 aromatic heterocycles. The number of nitriles is 1. The van der Waals surface area contributed by atoms with Gasteiger partial charge in [0.25, 0.3) is 0 Å². The van der Waals surface area contributed by atoms with Crippen molar-refractivity contribution < 1.29 is 4.79 Å². The fourth-order valence-corrected chi connectivity index (χ4v) is 2.62. The van der Waals surface area contributed by atoms with Gasteiger partial charge in [0, 0.05) is 23.7 Å². The zero-order valence-electron chi connectivity index (χ0n) is 10.6. The summed E-state index contributed by atoms with van der Waals surface area (Å²) in [5.41, 5.74) is 2.57. The number of hydrogen-bond acceptors (Lipinski definition) is 5. The second-order valence-electron chi connectivity index (χ2n) is 4.31. The molecule has 2 rings (SSSR count). The minimum atomic E-state index is -0.398. The second kappa shape index (κ2) is 5.29. The number of aromatic nitrogens is 1. The van der Waals surface area contributed by atoms with E-state index in [0.29, 0.717) is 16.2 Å². The number of hydrogen-bond donors (Lipinski definition) is 2. The Bertz CT molecular complexity index is 626. The van der Waals surface area contributed by atoms with Gasteiger partial charge >= 0.3 is 0 Å². The largest absolute Gasteiger partial charge is 0.353 e. The Labute approximate surface area is 117 Å². The van der Waals surface area contributed by atoms with Crippen molar-refractivity contribution in [3.63, 3.8) is 0 Å². The Morgan fingerprint density at radius 1 is 1.58 bits per heavy atom. The molecule has 1 aliphatic heterocycles. The van der Waals surface area contributed by atoms with E-state index in [1.165, 1.54) is 6.92 Å². The lowest BCUT2D eigenvalue weighted by atomic mass is 9.81. The zero-order valence-corrected chi connectivity index (χ0v) is 11.5. The number of carbonyl (C=O) groups is 1. The SMILES string of the molecule is CC(=O)C1=C(C)NC(S)=C(C#N)C1c1cccnc1. The van der Waals surface area contributed by atoms with Gasteiger partial charge in [-0.25, -0.2) is 0 Å². The Kier molecular flexibility index (Phi) is 3.72. The number of ketones is 1. The van der Waals surface area contributed by atoms with Crippen molar-refractivity contribution in [2.45, 2.75) is 19.8 Å². The van der Waals surface area contributed by atoms with Crippen LogP contribution in [0.5, 0.6) is 0 Å². The lowest BCUT2D eigenvalue weighted by molar-refractivity contribution is -0.113. The number of thiol groups is 1. The van der Waals surface area contributed by atoms with Crippen molar-refractivity contribution >= 4 is 18.4 Å². The Morgan fingerprint density at radius 3 is 2.84 bits per heavy atom. The molecular weight excluding hydrogens is 258 g/mol. The zero-order chi connectivity index (χ0) is 14.0. The fraction of sp³-hybridized carbons (Fsp3) is 0.214. The maximum Gasteiger partial charge on any atom is 0.158 e. The number of dihydropyridines is 1. The van der Waals surface area contributed by atoms with Gasteiger partial charge in [0.2, 0.25) is 0 Å². The van der Waals surface area contributed by atoms with Gasteiger partial charge in [0.05, 0.1) is 22.6 Å². The minimum Gasteiger partial charge on any atom is -0.353 e. The summed E-state index contributed by atoms with van der Waals surface area (Å²) in [5.74, 6) is -0.461. The highest BCUT2D eigenvalue weighted by Gasteiger charge is 2.31. The molecule has 2 heterocycles. The number of rotatable bonds is 2. The third-order valence-corrected chi connectivity index (χ3v) is 3.41. The predicted octanol–water partition coefficient (Wildman–Crippen LogP) is 2.30. The first-order valence-corrected chi connectivity index (χ1v) is 6.22. The number of allylic oxidation sites excluding steroid dienone is 3. The highest BCUT2D eigenvalue weighted by atomic mass is 32.1. The van der Waals surface area contributed by atoms with Crippen LogP contribution >= 0.6 is 12.6 Å². The third-order valence-electron chi connectivity index (χ3n) is 3.06. The molecule has 1 atom stereocenters. The number of Topliss-reactive ketones (excluding diaryl/α,β-unsaturated/α-hetero) is 1. The molecule has 0 saturated carbocycles. The normalized spacial score (nSPS) is 18.9. The van der Waals surface area contributed by atoms with Crippen molar-refractivity contribution in [1.82, 2.24) is 10.3 Å². The van der Waals surface area contributed by atoms with Crippen LogP contribution in [-0.2, 0) is 4.79 Å². The smallest absolute Gasteiger partial charge is 0.158 e. The van der Waals surface area contributed by atoms with Crippen LogP contribution in [0.1, 0.15) is 25.3 Å². The van der Waals surface area contributed by atoms with Gasteiger partial charge in [-0.2, -0.15) is 5.26 Å². The number of nitrogens with zero attached hydrogens (tertiary/aromatic N) is 2. The molecule has 1 aliphatic rings. The van der Waals surface area contributed by atoms with Gasteiger partial charge in [-0.1, -0.05) is 6.07 Å². The van der Waals surface area contributed by atoms with Crippen molar-refractivity contribution in [2.24, 2.45) is 0 Å². The van der Waals surface area contributed by atoms with Crippen molar-refractivity contribution in [1.29, 1.82) is 5.26 Å². The van der Waals surface area contributed by atoms with E-state index in [1.807, 2.05) is 13.0 Å². The molecule has 96 valence electrons. The Balaban J connectivity index is 2.65. The summed E-state index contributed by atoms with van der Waals surface area (Å²) in [7, 11) is 0. The first kappa shape index (κ1) is 13.4. The van der Waals surface area contributed by atoms with Crippen LogP contribution in [0.3, 0.4) is 0 Å². The molecule has 0 saturated heterocycles. The molecule has 0 radical (unpaired) electrons. The van der Waals surface area contributed by atoms with Crippen LogP contribution in [-0.4, -0.2) is 10.8 Å². The van der Waals surface area contributed by atoms with Crippen LogP contribution in [0.25, 0.3) is 0 Å². The third kappa shape index (κ3) is 2.40. The van der Waals surface area contributed by atoms with E-state index in [1.54, 1.807) is 18.5 Å². The number of nitrogens with one attached hydrogen (secondary N) is 1. The summed E-state index contributed by atoms with van der Waals surface area (Å²) in [6, 6.07) is 5.78. The molecule has 0 bridgehead atoms. The Hall–Kier alpha value is -2.06. The monoisotopic (exact) mass is 271 g/mol. The molecule has 1 unspecified atom stereocenters. The predicted molar refractivity (Wildman–Crippen MR) is 75.1 cm³/mol. The standard InChI is InChI=1S/C14H13N3OS/c1-8-12(9(2)18)13(10-4-3-5-16-7-10)11(6-15)14(19)17-8/h3-5,7,13,17,19H,1-2H3. The topological polar surface area (TPSA) is 65.8 Å². The lowest BCUT2D eigenvalue weighted by Gasteiger charge is -2.27. The van der Waals surface area contributed by atoms with Gasteiger partial charge in [-0.15, -0.1) is 12.6 Å². The van der Waals surface area contributed by atoms with Gasteiger partial charge in [-0.3, -0.25) is 9.78 Å². The molecule has 0 aromatic carbocycles. The molecule has 1 N–H and O–H groups in total. The van der Waals surface area contributed by atoms with Crippen LogP contribution in [0.15, 0.2) is 46.4 Å². The molecule has 19 heavy (non-hydrogen) atoms. The summed E-state index contributed by atoms with van der Waals surface area (Å²) in [4.78, 5) is 15.9. The summed E-state index contributed by atoms with van der Waals surface area (Å²) >= 11 is 4.29. The molecule has 0 aliphatic carbocycles. The van der Waals surface area contributed by atoms with E-state index < -0.39 is 5.92 Å². The maximum atomic E-state index is 11.9. The van der Waals surface area contributed by atoms with Crippen molar-refractivity contribution in [3.05, 3.63) is 52.0 Å². The summed E-state index contributed by atoms with van der Waals surface area (Å²) in [6.45, 7) is 3.31. The van der Waals surface area contributed by atoms with Gasteiger partial charge in [0.15, 0.2) is 5.78 Å². The first-order valence-electron chi connectivity index (χ1n) is 5.78.